The van der Waals surface area contributed by atoms with Crippen molar-refractivity contribution in [3.8, 4) is 11.5 Å². The van der Waals surface area contributed by atoms with Crippen molar-refractivity contribution < 1.29 is 4.74 Å². The van der Waals surface area contributed by atoms with E-state index >= 15 is 0 Å². The lowest BCUT2D eigenvalue weighted by Gasteiger charge is -2.11. The van der Waals surface area contributed by atoms with E-state index in [-0.39, 0.29) is 0 Å². The van der Waals surface area contributed by atoms with E-state index in [1.807, 2.05) is 37.3 Å². The van der Waals surface area contributed by atoms with Crippen LogP contribution in [-0.4, -0.2) is 0 Å². The Hall–Kier alpha value is -1.80. The highest BCUT2D eigenvalue weighted by Gasteiger charge is 2.04. The molecule has 0 aliphatic heterocycles. The lowest BCUT2D eigenvalue weighted by Crippen LogP contribution is -1.97. The largest absolute Gasteiger partial charge is 0.457 e. The van der Waals surface area contributed by atoms with Gasteiger partial charge in [0.1, 0.15) is 11.5 Å². The molecular weight excluding hydrogens is 222 g/mol. The number of hydrogen-bond acceptors (Lipinski definition) is 2. The minimum atomic E-state index is 0.531. The van der Waals surface area contributed by atoms with Gasteiger partial charge in [0.05, 0.1) is 0 Å². The molecule has 2 aromatic carbocycles. The predicted molar refractivity (Wildman–Crippen MR) is 75.1 cm³/mol. The Bertz CT molecular complexity index is 541. The summed E-state index contributed by atoms with van der Waals surface area (Å²) in [4.78, 5) is 0. The van der Waals surface area contributed by atoms with E-state index in [1.165, 1.54) is 11.1 Å². The molecule has 0 aliphatic carbocycles. The Morgan fingerprint density at radius 3 is 2.22 bits per heavy atom. The predicted octanol–water partition coefficient (Wildman–Crippen LogP) is 3.86. The smallest absolute Gasteiger partial charge is 0.130 e. The molecule has 0 saturated carbocycles. The second-order valence-electron chi connectivity index (χ2n) is 4.73. The fraction of sp³-hybridized carbons (Fsp3) is 0.250. The molecule has 0 saturated heterocycles. The molecule has 2 heteroatoms. The zero-order valence-corrected chi connectivity index (χ0v) is 11.2. The Kier molecular flexibility index (Phi) is 3.68. The van der Waals surface area contributed by atoms with E-state index in [1.54, 1.807) is 0 Å². The van der Waals surface area contributed by atoms with Crippen molar-refractivity contribution in [3.63, 3.8) is 0 Å². The molecule has 2 aromatic rings. The van der Waals surface area contributed by atoms with Crippen molar-refractivity contribution in [1.29, 1.82) is 0 Å². The molecule has 0 bridgehead atoms. The van der Waals surface area contributed by atoms with Crippen molar-refractivity contribution in [2.75, 3.05) is 0 Å². The molecule has 0 heterocycles. The lowest BCUT2D eigenvalue weighted by molar-refractivity contribution is 0.477. The van der Waals surface area contributed by atoms with Gasteiger partial charge in [0, 0.05) is 6.54 Å². The number of hydrogen-bond donors (Lipinski definition) is 1. The van der Waals surface area contributed by atoms with E-state index in [4.69, 9.17) is 10.5 Å². The molecular formula is C16H19NO. The van der Waals surface area contributed by atoms with Crippen molar-refractivity contribution in [2.24, 2.45) is 5.73 Å². The third kappa shape index (κ3) is 2.90. The quantitative estimate of drug-likeness (QED) is 0.885. The summed E-state index contributed by atoms with van der Waals surface area (Å²) >= 11 is 0. The van der Waals surface area contributed by atoms with Crippen LogP contribution in [0.3, 0.4) is 0 Å². The van der Waals surface area contributed by atoms with Crippen LogP contribution in [0.5, 0.6) is 11.5 Å². The molecule has 0 fully saturated rings. The number of rotatable bonds is 3. The molecule has 0 unspecified atom stereocenters. The van der Waals surface area contributed by atoms with E-state index in [0.29, 0.717) is 6.54 Å². The minimum absolute atomic E-state index is 0.531. The average molecular weight is 241 g/mol. The number of aryl methyl sites for hydroxylation is 3. The molecule has 0 aromatic heterocycles. The number of ether oxygens (including phenoxy) is 1. The van der Waals surface area contributed by atoms with Crippen LogP contribution in [-0.2, 0) is 6.54 Å². The molecule has 0 spiro atoms. The van der Waals surface area contributed by atoms with E-state index < -0.39 is 0 Å². The standard InChI is InChI=1S/C16H19NO/c1-11-6-12(2)8-15(7-11)18-16-9-14(10-17)5-4-13(16)3/h4-9H,10,17H2,1-3H3. The summed E-state index contributed by atoms with van der Waals surface area (Å²) in [6, 6.07) is 12.3. The van der Waals surface area contributed by atoms with Gasteiger partial charge in [0.15, 0.2) is 0 Å². The summed E-state index contributed by atoms with van der Waals surface area (Å²) in [7, 11) is 0. The highest BCUT2D eigenvalue weighted by molar-refractivity contribution is 5.42. The van der Waals surface area contributed by atoms with Crippen LogP contribution < -0.4 is 10.5 Å². The van der Waals surface area contributed by atoms with Crippen LogP contribution in [0.1, 0.15) is 22.3 Å². The fourth-order valence-corrected chi connectivity index (χ4v) is 2.00. The SMILES string of the molecule is Cc1cc(C)cc(Oc2cc(CN)ccc2C)c1. The summed E-state index contributed by atoms with van der Waals surface area (Å²) < 4.78 is 5.96. The third-order valence-electron chi connectivity index (χ3n) is 2.91. The molecule has 94 valence electrons. The molecule has 18 heavy (non-hydrogen) atoms. The van der Waals surface area contributed by atoms with Crippen LogP contribution in [0.4, 0.5) is 0 Å². The Balaban J connectivity index is 2.33. The molecule has 2 nitrogen and oxygen atoms in total. The van der Waals surface area contributed by atoms with Gasteiger partial charge in [-0.1, -0.05) is 18.2 Å². The van der Waals surface area contributed by atoms with Crippen LogP contribution in [0.25, 0.3) is 0 Å². The number of nitrogens with two attached hydrogens (primary N) is 1. The van der Waals surface area contributed by atoms with Crippen LogP contribution >= 0.6 is 0 Å². The van der Waals surface area contributed by atoms with Gasteiger partial charge >= 0.3 is 0 Å². The summed E-state index contributed by atoms with van der Waals surface area (Å²) in [5.41, 5.74) is 10.3. The van der Waals surface area contributed by atoms with Crippen molar-refractivity contribution in [2.45, 2.75) is 27.3 Å². The zero-order chi connectivity index (χ0) is 13.1. The minimum Gasteiger partial charge on any atom is -0.457 e. The van der Waals surface area contributed by atoms with E-state index in [2.05, 4.69) is 19.9 Å². The summed E-state index contributed by atoms with van der Waals surface area (Å²) in [5.74, 6) is 1.76. The first-order chi connectivity index (χ1) is 8.58. The van der Waals surface area contributed by atoms with Crippen molar-refractivity contribution in [3.05, 3.63) is 58.7 Å². The first kappa shape index (κ1) is 12.7. The van der Waals surface area contributed by atoms with Gasteiger partial charge in [-0.05, 0) is 61.2 Å². The molecule has 0 atom stereocenters. The van der Waals surface area contributed by atoms with Crippen LogP contribution in [0.2, 0.25) is 0 Å². The normalized spacial score (nSPS) is 10.4. The maximum atomic E-state index is 5.96. The summed E-state index contributed by atoms with van der Waals surface area (Å²) in [6.07, 6.45) is 0. The van der Waals surface area contributed by atoms with Gasteiger partial charge in [0.25, 0.3) is 0 Å². The Morgan fingerprint density at radius 1 is 0.944 bits per heavy atom. The van der Waals surface area contributed by atoms with Gasteiger partial charge in [-0.15, -0.1) is 0 Å². The fourth-order valence-electron chi connectivity index (χ4n) is 2.00. The van der Waals surface area contributed by atoms with Gasteiger partial charge in [-0.3, -0.25) is 0 Å². The topological polar surface area (TPSA) is 35.2 Å². The van der Waals surface area contributed by atoms with Gasteiger partial charge in [-0.2, -0.15) is 0 Å². The maximum Gasteiger partial charge on any atom is 0.130 e. The maximum absolute atomic E-state index is 5.96. The zero-order valence-electron chi connectivity index (χ0n) is 11.2. The Labute approximate surface area is 108 Å². The van der Waals surface area contributed by atoms with E-state index in [9.17, 15) is 0 Å². The summed E-state index contributed by atoms with van der Waals surface area (Å²) in [6.45, 7) is 6.72. The van der Waals surface area contributed by atoms with Gasteiger partial charge in [0.2, 0.25) is 0 Å². The molecule has 0 aliphatic rings. The third-order valence-corrected chi connectivity index (χ3v) is 2.91. The van der Waals surface area contributed by atoms with Crippen molar-refractivity contribution in [1.82, 2.24) is 0 Å². The highest BCUT2D eigenvalue weighted by atomic mass is 16.5. The summed E-state index contributed by atoms with van der Waals surface area (Å²) in [5, 5.41) is 0. The molecule has 2 rings (SSSR count). The molecule has 2 N–H and O–H groups in total. The van der Waals surface area contributed by atoms with Crippen LogP contribution in [0, 0.1) is 20.8 Å². The first-order valence-corrected chi connectivity index (χ1v) is 6.14. The second kappa shape index (κ2) is 5.23. The van der Waals surface area contributed by atoms with Gasteiger partial charge < -0.3 is 10.5 Å². The second-order valence-corrected chi connectivity index (χ2v) is 4.73. The van der Waals surface area contributed by atoms with Gasteiger partial charge in [-0.25, -0.2) is 0 Å². The number of benzene rings is 2. The monoisotopic (exact) mass is 241 g/mol. The molecule has 0 amide bonds. The van der Waals surface area contributed by atoms with E-state index in [0.717, 1.165) is 22.6 Å². The lowest BCUT2D eigenvalue weighted by atomic mass is 10.1. The average Bonchev–Trinajstić information content (AvgIpc) is 2.30. The first-order valence-electron chi connectivity index (χ1n) is 6.14. The Morgan fingerprint density at radius 2 is 1.61 bits per heavy atom. The van der Waals surface area contributed by atoms with Crippen molar-refractivity contribution >= 4 is 0 Å². The highest BCUT2D eigenvalue weighted by Crippen LogP contribution is 2.27. The molecule has 0 radical (unpaired) electrons. The van der Waals surface area contributed by atoms with Crippen LogP contribution in [0.15, 0.2) is 36.4 Å².